The molecule has 9 heteroatoms. The van der Waals surface area contributed by atoms with Gasteiger partial charge in [-0.25, -0.2) is 13.8 Å². The van der Waals surface area contributed by atoms with Crippen LogP contribution in [-0.4, -0.2) is 52.4 Å². The molecule has 2 atom stereocenters. The summed E-state index contributed by atoms with van der Waals surface area (Å²) in [7, 11) is 0. The minimum Gasteiger partial charge on any atom is -0.351 e. The largest absolute Gasteiger partial charge is 0.351 e. The molecule has 1 fully saturated rings. The first-order valence-electron chi connectivity index (χ1n) is 11.5. The summed E-state index contributed by atoms with van der Waals surface area (Å²) in [5.74, 6) is -3.63. The highest BCUT2D eigenvalue weighted by molar-refractivity contribution is 9.10. The van der Waals surface area contributed by atoms with Crippen molar-refractivity contribution in [2.24, 2.45) is 10.9 Å². The number of amides is 2. The van der Waals surface area contributed by atoms with Crippen LogP contribution >= 0.6 is 15.9 Å². The molecule has 0 spiro atoms. The molecule has 2 unspecified atom stereocenters. The van der Waals surface area contributed by atoms with Gasteiger partial charge in [-0.2, -0.15) is 0 Å². The van der Waals surface area contributed by atoms with Gasteiger partial charge in [0.25, 0.3) is 17.7 Å². The summed E-state index contributed by atoms with van der Waals surface area (Å²) in [5, 5.41) is 2.91. The van der Waals surface area contributed by atoms with Gasteiger partial charge in [0, 0.05) is 71.7 Å². The summed E-state index contributed by atoms with van der Waals surface area (Å²) in [6, 6.07) is 3.59. The summed E-state index contributed by atoms with van der Waals surface area (Å²) in [6.45, 7) is 8.28. The molecule has 2 aliphatic heterocycles. The maximum Gasteiger partial charge on any atom is 0.254 e. The molecule has 6 nitrogen and oxygen atoms in total. The number of halogens is 3. The normalized spacial score (nSPS) is 21.9. The molecule has 2 aliphatic rings. The van der Waals surface area contributed by atoms with Gasteiger partial charge in [-0.3, -0.25) is 14.5 Å². The fourth-order valence-corrected chi connectivity index (χ4v) is 5.39. The number of carbonyl (C=O) groups is 2. The van der Waals surface area contributed by atoms with Crippen molar-refractivity contribution < 1.29 is 18.4 Å². The smallest absolute Gasteiger partial charge is 0.254 e. The Morgan fingerprint density at radius 3 is 2.59 bits per heavy atom. The number of aliphatic imine (C=N–C) groups is 1. The highest BCUT2D eigenvalue weighted by Crippen LogP contribution is 2.35. The van der Waals surface area contributed by atoms with Crippen LogP contribution in [0.15, 0.2) is 39.4 Å². The van der Waals surface area contributed by atoms with Crippen molar-refractivity contribution in [3.05, 3.63) is 51.3 Å². The molecular weight excluding hydrogens is 506 g/mol. The first-order valence-corrected chi connectivity index (χ1v) is 12.2. The Morgan fingerprint density at radius 1 is 1.26 bits per heavy atom. The second-order valence-electron chi connectivity index (χ2n) is 9.33. The molecule has 0 radical (unpaired) electrons. The number of allylic oxidation sites excluding steroid dienone is 1. The van der Waals surface area contributed by atoms with Crippen molar-refractivity contribution in [2.45, 2.75) is 52.5 Å². The lowest BCUT2D eigenvalue weighted by atomic mass is 9.95. The van der Waals surface area contributed by atoms with Crippen molar-refractivity contribution in [3.63, 3.8) is 0 Å². The highest BCUT2D eigenvalue weighted by atomic mass is 79.9. The van der Waals surface area contributed by atoms with Crippen molar-refractivity contribution in [3.8, 4) is 0 Å². The molecule has 2 aromatic heterocycles. The molecule has 0 aliphatic carbocycles. The number of piperidine rings is 1. The molecule has 4 heterocycles. The van der Waals surface area contributed by atoms with E-state index in [0.717, 1.165) is 26.8 Å². The molecule has 1 N–H and O–H groups in total. The molecule has 0 saturated carbocycles. The second-order valence-corrected chi connectivity index (χ2v) is 10.2. The van der Waals surface area contributed by atoms with Crippen LogP contribution in [-0.2, 0) is 4.79 Å². The van der Waals surface area contributed by atoms with Gasteiger partial charge < -0.3 is 9.72 Å². The zero-order valence-corrected chi connectivity index (χ0v) is 21.4. The van der Waals surface area contributed by atoms with Gasteiger partial charge in [0.2, 0.25) is 0 Å². The minimum atomic E-state index is -2.62. The number of nitrogens with zero attached hydrogens (tertiary/aromatic N) is 3. The summed E-state index contributed by atoms with van der Waals surface area (Å²) in [5.41, 5.74) is 4.55. The van der Waals surface area contributed by atoms with Gasteiger partial charge >= 0.3 is 0 Å². The topological polar surface area (TPSA) is 66.2 Å². The average molecular weight is 535 g/mol. The van der Waals surface area contributed by atoms with E-state index in [-0.39, 0.29) is 37.2 Å². The fourth-order valence-electron chi connectivity index (χ4n) is 4.95. The zero-order chi connectivity index (χ0) is 24.8. The Labute approximate surface area is 206 Å². The number of nitrogens with one attached hydrogen (secondary N) is 1. The van der Waals surface area contributed by atoms with E-state index in [1.54, 1.807) is 6.92 Å². The number of fused-ring (bicyclic) bond motifs is 1. The maximum absolute atomic E-state index is 13.7. The van der Waals surface area contributed by atoms with Crippen LogP contribution in [0.5, 0.6) is 0 Å². The lowest BCUT2D eigenvalue weighted by molar-refractivity contribution is -0.120. The third-order valence-electron chi connectivity index (χ3n) is 6.91. The lowest BCUT2D eigenvalue weighted by Crippen LogP contribution is -2.41. The van der Waals surface area contributed by atoms with Crippen LogP contribution in [0.25, 0.3) is 5.52 Å². The number of carbonyl (C=O) groups excluding carboxylic acids is 2. The number of rotatable bonds is 5. The number of aromatic nitrogens is 1. The fraction of sp³-hybridized carbons (Fsp3) is 0.480. The Hall–Kier alpha value is -2.39. The molecule has 2 amide bonds. The zero-order valence-electron chi connectivity index (χ0n) is 19.8. The van der Waals surface area contributed by atoms with Crippen molar-refractivity contribution in [1.82, 2.24) is 14.6 Å². The predicted octanol–water partition coefficient (Wildman–Crippen LogP) is 5.10. The van der Waals surface area contributed by atoms with Gasteiger partial charge in [0.1, 0.15) is 0 Å². The van der Waals surface area contributed by atoms with E-state index in [1.165, 1.54) is 0 Å². The van der Waals surface area contributed by atoms with Crippen LogP contribution in [0, 0.1) is 12.8 Å². The highest BCUT2D eigenvalue weighted by Gasteiger charge is 2.36. The van der Waals surface area contributed by atoms with E-state index in [2.05, 4.69) is 26.2 Å². The first kappa shape index (κ1) is 24.7. The van der Waals surface area contributed by atoms with Gasteiger partial charge in [0.15, 0.2) is 0 Å². The summed E-state index contributed by atoms with van der Waals surface area (Å²) in [4.78, 5) is 31.6. The third-order valence-corrected chi connectivity index (χ3v) is 7.35. The molecule has 1 saturated heterocycles. The maximum atomic E-state index is 13.7. The van der Waals surface area contributed by atoms with Crippen molar-refractivity contribution >= 4 is 39.0 Å². The van der Waals surface area contributed by atoms with Crippen LogP contribution in [0.1, 0.15) is 61.3 Å². The van der Waals surface area contributed by atoms with Crippen LogP contribution < -0.4 is 5.32 Å². The Bertz CT molecular complexity index is 1210. The minimum absolute atomic E-state index is 0.159. The molecule has 34 heavy (non-hydrogen) atoms. The summed E-state index contributed by atoms with van der Waals surface area (Å²) >= 11 is 3.52. The Morgan fingerprint density at radius 2 is 1.94 bits per heavy atom. The van der Waals surface area contributed by atoms with Crippen LogP contribution in [0.2, 0.25) is 0 Å². The quantitative estimate of drug-likeness (QED) is 0.580. The van der Waals surface area contributed by atoms with Crippen LogP contribution in [0.4, 0.5) is 8.78 Å². The Balaban J connectivity index is 1.62. The predicted molar refractivity (Wildman–Crippen MR) is 132 cm³/mol. The van der Waals surface area contributed by atoms with E-state index < -0.39 is 11.8 Å². The van der Waals surface area contributed by atoms with E-state index in [1.807, 2.05) is 54.5 Å². The third kappa shape index (κ3) is 4.86. The number of hydrogen-bond acceptors (Lipinski definition) is 3. The lowest BCUT2D eigenvalue weighted by Gasteiger charge is -2.37. The second kappa shape index (κ2) is 9.34. The van der Waals surface area contributed by atoms with Crippen molar-refractivity contribution in [2.75, 3.05) is 19.6 Å². The SMILES string of the molecule is CC1=CC(C)=NC(=O)C1CNC(=O)c1cc2cc(Br)cn2c(C(C)N2CCC(F)(F)CC2)c1C. The number of likely N-dealkylation sites (tertiary alicyclic amines) is 1. The standard InChI is InChI=1S/C25H29BrF2N4O2/c1-14-9-15(2)30-24(34)21(14)12-29-23(33)20-11-19-10-18(26)13-32(19)22(16(20)3)17(4)31-7-5-25(27,28)6-8-31/h9-11,13,17,21H,5-8,12H2,1-4H3,(H,29,33). The van der Waals surface area contributed by atoms with Crippen molar-refractivity contribution in [1.29, 1.82) is 0 Å². The van der Waals surface area contributed by atoms with E-state index in [4.69, 9.17) is 0 Å². The number of alkyl halides is 2. The van der Waals surface area contributed by atoms with Gasteiger partial charge in [-0.1, -0.05) is 5.57 Å². The molecular formula is C25H29BrF2N4O2. The monoisotopic (exact) mass is 534 g/mol. The number of hydrogen-bond donors (Lipinski definition) is 1. The van der Waals surface area contributed by atoms with Gasteiger partial charge in [-0.05, 0) is 67.4 Å². The average Bonchev–Trinajstić information content (AvgIpc) is 3.11. The van der Waals surface area contributed by atoms with Gasteiger partial charge in [0.05, 0.1) is 5.92 Å². The Kier molecular flexibility index (Phi) is 6.79. The number of dihydropyridines is 1. The molecule has 0 bridgehead atoms. The van der Waals surface area contributed by atoms with Gasteiger partial charge in [-0.15, -0.1) is 0 Å². The van der Waals surface area contributed by atoms with Crippen LogP contribution in [0.3, 0.4) is 0 Å². The first-order chi connectivity index (χ1) is 16.0. The van der Waals surface area contributed by atoms with E-state index in [0.29, 0.717) is 24.4 Å². The molecule has 182 valence electrons. The summed E-state index contributed by atoms with van der Waals surface area (Å²) in [6.07, 6.45) is 3.46. The molecule has 0 aromatic carbocycles. The number of pyridine rings is 1. The molecule has 4 rings (SSSR count). The van der Waals surface area contributed by atoms with E-state index in [9.17, 15) is 18.4 Å². The van der Waals surface area contributed by atoms with E-state index >= 15 is 0 Å². The molecule has 2 aromatic rings. The summed E-state index contributed by atoms with van der Waals surface area (Å²) < 4.78 is 30.4.